The van der Waals surface area contributed by atoms with E-state index in [0.717, 1.165) is 112 Å². The minimum Gasteiger partial charge on any atom is -0.310 e. The zero-order valence-electron chi connectivity index (χ0n) is 62.4. The molecule has 0 saturated carbocycles. The molecular weight excluding hydrogens is 1260 g/mol. The molecule has 5 nitrogen and oxygen atoms in total. The van der Waals surface area contributed by atoms with Gasteiger partial charge in [-0.1, -0.05) is 261 Å². The molecule has 0 spiro atoms. The summed E-state index contributed by atoms with van der Waals surface area (Å²) in [4.78, 5) is 5.43. The van der Waals surface area contributed by atoms with Crippen LogP contribution >= 0.6 is 0 Å². The number of aromatic nitrogens is 2. The summed E-state index contributed by atoms with van der Waals surface area (Å²) in [5.74, 6) is 0.111. The Morgan fingerprint density at radius 1 is 0.317 bits per heavy atom. The van der Waals surface area contributed by atoms with Crippen molar-refractivity contribution < 1.29 is 0 Å². The second-order valence-corrected chi connectivity index (χ2v) is 33.5. The van der Waals surface area contributed by atoms with Crippen LogP contribution in [0.3, 0.4) is 0 Å². The van der Waals surface area contributed by atoms with E-state index in [9.17, 15) is 5.26 Å². The fraction of sp³-hybridized carbons (Fsp3) is 0.194. The van der Waals surface area contributed by atoms with E-state index in [-0.39, 0.29) is 34.3 Å². The normalized spacial score (nSPS) is 13.1. The van der Waals surface area contributed by atoms with E-state index in [2.05, 4.69) is 389 Å². The summed E-state index contributed by atoms with van der Waals surface area (Å²) in [6.07, 6.45) is 0. The minimum atomic E-state index is -0.261. The number of para-hydroxylation sites is 1. The fourth-order valence-electron chi connectivity index (χ4n) is 16.6. The van der Waals surface area contributed by atoms with Gasteiger partial charge in [0, 0.05) is 77.9 Å². The Labute approximate surface area is 614 Å². The van der Waals surface area contributed by atoms with Crippen LogP contribution in [0.4, 0.5) is 34.1 Å². The topological polar surface area (TPSA) is 40.1 Å². The number of fused-ring (bicyclic) bond motifs is 10. The quantitative estimate of drug-likeness (QED) is 0.135. The molecule has 0 radical (unpaired) electrons. The Hall–Kier alpha value is -11.4. The Morgan fingerprint density at radius 3 is 1.03 bits per heavy atom. The van der Waals surface area contributed by atoms with Gasteiger partial charge in [-0.3, -0.25) is 0 Å². The predicted octanol–water partition coefficient (Wildman–Crippen LogP) is 24.8. The Bertz CT molecular complexity index is 5810. The third-order valence-electron chi connectivity index (χ3n) is 22.3. The van der Waals surface area contributed by atoms with Crippen molar-refractivity contribution in [2.75, 3.05) is 9.80 Å². The van der Waals surface area contributed by atoms with E-state index in [1.54, 1.807) is 0 Å². The van der Waals surface area contributed by atoms with E-state index in [1.165, 1.54) is 66.0 Å². The molecule has 13 aromatic carbocycles. The van der Waals surface area contributed by atoms with Gasteiger partial charge in [-0.05, 0) is 203 Å². The van der Waals surface area contributed by atoms with Crippen molar-refractivity contribution in [3.8, 4) is 62.0 Å². The molecule has 0 fully saturated rings. The SMILES string of the molecule is CC(C)c1cc2c3c(c1)N(c1c(-c4ccccc4)cc(C(C)(C)C)cc1-c1ccccc1)c1cc(-n4c5ccc(C(C)(C)C)cc5c5cc(C(C)(C)C)ccc54)ccc1B3c1ccc(-n3c4ccccc4c4cc(C#N)ccc43)cc1N2c1c(-c2ccccc2)cc(C(C)(C)C)cc1-c1ccccc1. The second kappa shape index (κ2) is 24.4. The van der Waals surface area contributed by atoms with E-state index in [4.69, 9.17) is 0 Å². The smallest absolute Gasteiger partial charge is 0.252 e. The Morgan fingerprint density at radius 2 is 0.663 bits per heavy atom. The standard InChI is InChI=1S/C98H88BN5/c1-61(2)67-50-90-92-91(51-67)104(94-77(65-33-23-17-24-34-65)56-71(98(12,13)14)57-78(94)66-35-25-18-26-36-66)89-59-73(102-86-47-40-68(95(3,4)5)52-80(86)81-53-69(96(6,7)8)41-48-87(81)102)43-45-83(89)99(92)82-44-42-72(101-84-38-28-27-37-74(84)79-49-62(60-100)39-46-85(79)101)58-88(82)103(90)93-75(63-29-19-15-20-30-63)54-70(97(9,10)11)55-76(93)64-31-21-16-22-32-64/h15-59,61H,1-14H3. The maximum atomic E-state index is 10.4. The van der Waals surface area contributed by atoms with Gasteiger partial charge in [0.2, 0.25) is 0 Å². The lowest BCUT2D eigenvalue weighted by molar-refractivity contribution is 0.590. The van der Waals surface area contributed by atoms with E-state index in [0.29, 0.717) is 5.56 Å². The largest absolute Gasteiger partial charge is 0.310 e. The third kappa shape index (κ3) is 10.9. The highest BCUT2D eigenvalue weighted by molar-refractivity contribution is 7.00. The maximum Gasteiger partial charge on any atom is 0.252 e. The molecule has 0 N–H and O–H groups in total. The molecule has 4 heterocycles. The van der Waals surface area contributed by atoms with Crippen molar-refractivity contribution >= 4 is 101 Å². The molecule has 6 heteroatoms. The fourth-order valence-corrected chi connectivity index (χ4v) is 16.6. The van der Waals surface area contributed by atoms with Crippen LogP contribution in [-0.2, 0) is 21.7 Å². The van der Waals surface area contributed by atoms with Crippen LogP contribution in [0.5, 0.6) is 0 Å². The van der Waals surface area contributed by atoms with E-state index < -0.39 is 0 Å². The molecule has 508 valence electrons. The number of hydrogen-bond acceptors (Lipinski definition) is 3. The van der Waals surface area contributed by atoms with Crippen molar-refractivity contribution in [1.29, 1.82) is 5.26 Å². The van der Waals surface area contributed by atoms with Gasteiger partial charge in [0.15, 0.2) is 0 Å². The number of nitrogens with zero attached hydrogens (tertiary/aromatic N) is 5. The lowest BCUT2D eigenvalue weighted by atomic mass is 9.33. The molecule has 15 aromatic rings. The van der Waals surface area contributed by atoms with Gasteiger partial charge >= 0.3 is 0 Å². The average Bonchev–Trinajstić information content (AvgIpc) is 0.827. The lowest BCUT2D eigenvalue weighted by Crippen LogP contribution is -2.61. The second-order valence-electron chi connectivity index (χ2n) is 33.5. The van der Waals surface area contributed by atoms with Crippen molar-refractivity contribution in [2.45, 2.75) is 125 Å². The first kappa shape index (κ1) is 65.9. The molecule has 0 aliphatic carbocycles. The van der Waals surface area contributed by atoms with E-state index in [1.807, 2.05) is 6.07 Å². The molecular formula is C98H88BN5. The molecule has 0 amide bonds. The van der Waals surface area contributed by atoms with Gasteiger partial charge in [0.1, 0.15) is 0 Å². The zero-order chi connectivity index (χ0) is 72.0. The summed E-state index contributed by atoms with van der Waals surface area (Å²) in [5, 5.41) is 15.1. The van der Waals surface area contributed by atoms with Gasteiger partial charge in [-0.15, -0.1) is 0 Å². The van der Waals surface area contributed by atoms with Crippen molar-refractivity contribution in [2.24, 2.45) is 0 Å². The molecule has 0 unspecified atom stereocenters. The van der Waals surface area contributed by atoms with Gasteiger partial charge in [-0.2, -0.15) is 5.26 Å². The first-order valence-electron chi connectivity index (χ1n) is 37.1. The summed E-state index contributed by atoms with van der Waals surface area (Å²) in [7, 11) is 0. The van der Waals surface area contributed by atoms with Crippen molar-refractivity contribution in [3.05, 3.63) is 306 Å². The van der Waals surface area contributed by atoms with Crippen LogP contribution in [0, 0.1) is 11.3 Å². The highest BCUT2D eigenvalue weighted by Gasteiger charge is 2.46. The molecule has 2 aromatic heterocycles. The van der Waals surface area contributed by atoms with Gasteiger partial charge in [-0.25, -0.2) is 0 Å². The van der Waals surface area contributed by atoms with Crippen molar-refractivity contribution in [1.82, 2.24) is 9.13 Å². The van der Waals surface area contributed by atoms with Crippen LogP contribution in [0.25, 0.3) is 99.5 Å². The molecule has 0 saturated heterocycles. The molecule has 2 aliphatic heterocycles. The lowest BCUT2D eigenvalue weighted by Gasteiger charge is -2.46. The zero-order valence-corrected chi connectivity index (χ0v) is 62.4. The third-order valence-corrected chi connectivity index (χ3v) is 22.3. The highest BCUT2D eigenvalue weighted by atomic mass is 15.2. The molecule has 0 bridgehead atoms. The predicted molar refractivity (Wildman–Crippen MR) is 444 cm³/mol. The first-order valence-corrected chi connectivity index (χ1v) is 37.1. The summed E-state index contributed by atoms with van der Waals surface area (Å²) in [6, 6.07) is 106. The molecule has 104 heavy (non-hydrogen) atoms. The summed E-state index contributed by atoms with van der Waals surface area (Å²) in [5.41, 5.74) is 32.7. The number of rotatable bonds is 9. The maximum absolute atomic E-state index is 10.4. The molecule has 17 rings (SSSR count). The summed E-state index contributed by atoms with van der Waals surface area (Å²) in [6.45, 7) is 32.5. The van der Waals surface area contributed by atoms with Crippen LogP contribution in [0.15, 0.2) is 273 Å². The summed E-state index contributed by atoms with van der Waals surface area (Å²) < 4.78 is 4.98. The summed E-state index contributed by atoms with van der Waals surface area (Å²) >= 11 is 0. The molecule has 0 atom stereocenters. The number of nitriles is 1. The van der Waals surface area contributed by atoms with Crippen LogP contribution < -0.4 is 26.2 Å². The van der Waals surface area contributed by atoms with Gasteiger partial charge in [0.05, 0.1) is 45.1 Å². The van der Waals surface area contributed by atoms with Gasteiger partial charge < -0.3 is 18.9 Å². The Kier molecular flexibility index (Phi) is 15.5. The van der Waals surface area contributed by atoms with Crippen LogP contribution in [0.1, 0.15) is 136 Å². The van der Waals surface area contributed by atoms with Crippen molar-refractivity contribution in [3.63, 3.8) is 0 Å². The van der Waals surface area contributed by atoms with Crippen LogP contribution in [0.2, 0.25) is 0 Å². The number of benzene rings is 13. The Balaban J connectivity index is 1.06. The number of anilines is 6. The van der Waals surface area contributed by atoms with Crippen LogP contribution in [-0.4, -0.2) is 15.8 Å². The molecule has 2 aliphatic rings. The highest BCUT2D eigenvalue weighted by Crippen LogP contribution is 2.56. The van der Waals surface area contributed by atoms with E-state index >= 15 is 0 Å². The minimum absolute atomic E-state index is 0.0621. The average molecular weight is 1350 g/mol. The first-order chi connectivity index (χ1) is 49.9. The van der Waals surface area contributed by atoms with Gasteiger partial charge in [0.25, 0.3) is 6.71 Å². The number of hydrogen-bond donors (Lipinski definition) is 0. The monoisotopic (exact) mass is 1350 g/mol.